The van der Waals surface area contributed by atoms with E-state index in [0.29, 0.717) is 24.5 Å². The maximum Gasteiger partial charge on any atom is 0.341 e. The second kappa shape index (κ2) is 8.73. The molecule has 0 unspecified atom stereocenters. The molecule has 0 aromatic heterocycles. The number of carbonyl (C=O) groups excluding carboxylic acids is 1. The molecule has 0 aliphatic heterocycles. The number of hydrogen-bond acceptors (Lipinski definition) is 4. The van der Waals surface area contributed by atoms with Crippen molar-refractivity contribution in [2.75, 3.05) is 19.8 Å². The van der Waals surface area contributed by atoms with Crippen molar-refractivity contribution in [1.82, 2.24) is 5.32 Å². The number of carbonyl (C=O) groups is 2. The van der Waals surface area contributed by atoms with Crippen LogP contribution in [0.4, 0.5) is 0 Å². The van der Waals surface area contributed by atoms with Gasteiger partial charge in [-0.2, -0.15) is 0 Å². The minimum Gasteiger partial charge on any atom is -0.491 e. The molecule has 0 fully saturated rings. The van der Waals surface area contributed by atoms with E-state index >= 15 is 0 Å². The Hall–Kier alpha value is -3.02. The van der Waals surface area contributed by atoms with Crippen LogP contribution in [-0.2, 0) is 4.79 Å². The Balaban J connectivity index is 1.84. The molecule has 0 radical (unpaired) electrons. The predicted molar refractivity (Wildman–Crippen MR) is 93.3 cm³/mol. The van der Waals surface area contributed by atoms with E-state index in [9.17, 15) is 9.59 Å². The maximum absolute atomic E-state index is 12.1. The molecule has 0 saturated carbocycles. The fourth-order valence-electron chi connectivity index (χ4n) is 2.32. The van der Waals surface area contributed by atoms with Gasteiger partial charge in [0.25, 0.3) is 5.91 Å². The van der Waals surface area contributed by atoms with Gasteiger partial charge in [-0.25, -0.2) is 4.79 Å². The molecular formula is C19H21NO5. The standard InChI is InChI=1S/C19H21NO5/c1-13-5-3-6-14(2)18(13)24-10-9-20-19(23)15-7-4-8-16(11-15)25-12-17(21)22/h3-8,11H,9-10,12H2,1-2H3,(H,20,23)(H,21,22). The third-order valence-corrected chi connectivity index (χ3v) is 3.50. The van der Waals surface area contributed by atoms with Gasteiger partial charge in [0.1, 0.15) is 18.1 Å². The molecule has 0 bridgehead atoms. The number of hydrogen-bond donors (Lipinski definition) is 2. The number of carboxylic acid groups (broad SMARTS) is 1. The van der Waals surface area contributed by atoms with Crippen molar-refractivity contribution >= 4 is 11.9 Å². The number of carboxylic acids is 1. The molecule has 2 N–H and O–H groups in total. The topological polar surface area (TPSA) is 84.9 Å². The first-order chi connectivity index (χ1) is 12.0. The normalized spacial score (nSPS) is 10.2. The smallest absolute Gasteiger partial charge is 0.341 e. The quantitative estimate of drug-likeness (QED) is 0.720. The summed E-state index contributed by atoms with van der Waals surface area (Å²) in [5, 5.41) is 11.4. The van der Waals surface area contributed by atoms with Crippen LogP contribution in [0.1, 0.15) is 21.5 Å². The first-order valence-corrected chi connectivity index (χ1v) is 7.89. The highest BCUT2D eigenvalue weighted by molar-refractivity contribution is 5.94. The lowest BCUT2D eigenvalue weighted by Crippen LogP contribution is -2.28. The van der Waals surface area contributed by atoms with E-state index in [0.717, 1.165) is 16.9 Å². The third-order valence-electron chi connectivity index (χ3n) is 3.50. The average molecular weight is 343 g/mol. The van der Waals surface area contributed by atoms with Gasteiger partial charge in [0, 0.05) is 5.56 Å². The monoisotopic (exact) mass is 343 g/mol. The van der Waals surface area contributed by atoms with Gasteiger partial charge >= 0.3 is 5.97 Å². The highest BCUT2D eigenvalue weighted by atomic mass is 16.5. The Morgan fingerprint density at radius 3 is 2.40 bits per heavy atom. The van der Waals surface area contributed by atoms with Crippen LogP contribution in [0, 0.1) is 13.8 Å². The third kappa shape index (κ3) is 5.53. The zero-order valence-electron chi connectivity index (χ0n) is 14.2. The van der Waals surface area contributed by atoms with Crippen LogP contribution in [0.2, 0.25) is 0 Å². The fourth-order valence-corrected chi connectivity index (χ4v) is 2.32. The van der Waals surface area contributed by atoms with E-state index in [1.807, 2.05) is 32.0 Å². The summed E-state index contributed by atoms with van der Waals surface area (Å²) in [6.45, 7) is 4.21. The highest BCUT2D eigenvalue weighted by Crippen LogP contribution is 2.21. The SMILES string of the molecule is Cc1cccc(C)c1OCCNC(=O)c1cccc(OCC(=O)O)c1. The van der Waals surface area contributed by atoms with E-state index in [1.54, 1.807) is 18.2 Å². The molecule has 0 heterocycles. The lowest BCUT2D eigenvalue weighted by molar-refractivity contribution is -0.139. The Morgan fingerprint density at radius 2 is 1.72 bits per heavy atom. The van der Waals surface area contributed by atoms with E-state index in [2.05, 4.69) is 5.32 Å². The molecule has 1 amide bonds. The van der Waals surface area contributed by atoms with Gasteiger partial charge in [0.05, 0.1) is 6.54 Å². The van der Waals surface area contributed by atoms with Crippen LogP contribution in [0.5, 0.6) is 11.5 Å². The second-order valence-corrected chi connectivity index (χ2v) is 5.54. The predicted octanol–water partition coefficient (Wildman–Crippen LogP) is 2.58. The van der Waals surface area contributed by atoms with Gasteiger partial charge in [0.15, 0.2) is 6.61 Å². The largest absolute Gasteiger partial charge is 0.491 e. The van der Waals surface area contributed by atoms with Gasteiger partial charge in [-0.05, 0) is 43.2 Å². The Morgan fingerprint density at radius 1 is 1.04 bits per heavy atom. The summed E-state index contributed by atoms with van der Waals surface area (Å²) in [4.78, 5) is 22.7. The molecular weight excluding hydrogens is 322 g/mol. The summed E-state index contributed by atoms with van der Waals surface area (Å²) in [5.41, 5.74) is 2.50. The van der Waals surface area contributed by atoms with Crippen LogP contribution in [-0.4, -0.2) is 36.7 Å². The molecule has 0 saturated heterocycles. The summed E-state index contributed by atoms with van der Waals surface area (Å²) >= 11 is 0. The number of nitrogens with one attached hydrogen (secondary N) is 1. The molecule has 2 rings (SSSR count). The van der Waals surface area contributed by atoms with E-state index in [4.69, 9.17) is 14.6 Å². The average Bonchev–Trinajstić information content (AvgIpc) is 2.59. The summed E-state index contributed by atoms with van der Waals surface area (Å²) in [7, 11) is 0. The first kappa shape index (κ1) is 18.3. The van der Waals surface area contributed by atoms with Gasteiger partial charge in [0.2, 0.25) is 0 Å². The zero-order valence-corrected chi connectivity index (χ0v) is 14.2. The van der Waals surface area contributed by atoms with Crippen LogP contribution in [0.15, 0.2) is 42.5 Å². The number of ether oxygens (including phenoxy) is 2. The lowest BCUT2D eigenvalue weighted by atomic mass is 10.1. The summed E-state index contributed by atoms with van der Waals surface area (Å²) in [6.07, 6.45) is 0. The molecule has 6 nitrogen and oxygen atoms in total. The van der Waals surface area contributed by atoms with E-state index in [1.165, 1.54) is 6.07 Å². The van der Waals surface area contributed by atoms with Crippen LogP contribution in [0.25, 0.3) is 0 Å². The van der Waals surface area contributed by atoms with Gasteiger partial charge in [-0.3, -0.25) is 4.79 Å². The number of amides is 1. The summed E-state index contributed by atoms with van der Waals surface area (Å²) < 4.78 is 10.8. The van der Waals surface area contributed by atoms with Crippen LogP contribution < -0.4 is 14.8 Å². The fraction of sp³-hybridized carbons (Fsp3) is 0.263. The first-order valence-electron chi connectivity index (χ1n) is 7.89. The number of aliphatic carboxylic acids is 1. The van der Waals surface area contributed by atoms with Crippen molar-refractivity contribution in [3.05, 3.63) is 59.2 Å². The van der Waals surface area contributed by atoms with Crippen molar-refractivity contribution < 1.29 is 24.2 Å². The minimum atomic E-state index is -1.07. The number of benzene rings is 2. The van der Waals surface area contributed by atoms with Crippen molar-refractivity contribution in [3.8, 4) is 11.5 Å². The zero-order chi connectivity index (χ0) is 18.2. The second-order valence-electron chi connectivity index (χ2n) is 5.54. The molecule has 0 aliphatic rings. The number of para-hydroxylation sites is 1. The molecule has 0 spiro atoms. The number of aryl methyl sites for hydroxylation is 2. The van der Waals surface area contributed by atoms with Crippen molar-refractivity contribution in [3.63, 3.8) is 0 Å². The summed E-state index contributed by atoms with van der Waals surface area (Å²) in [6, 6.07) is 12.3. The maximum atomic E-state index is 12.1. The number of rotatable bonds is 8. The molecule has 25 heavy (non-hydrogen) atoms. The lowest BCUT2D eigenvalue weighted by Gasteiger charge is -2.12. The van der Waals surface area contributed by atoms with Crippen molar-refractivity contribution in [2.24, 2.45) is 0 Å². The Bertz CT molecular complexity index is 737. The Labute approximate surface area is 146 Å². The summed E-state index contributed by atoms with van der Waals surface area (Å²) in [5.74, 6) is -0.174. The van der Waals surface area contributed by atoms with E-state index in [-0.39, 0.29) is 5.91 Å². The van der Waals surface area contributed by atoms with Crippen molar-refractivity contribution in [1.29, 1.82) is 0 Å². The molecule has 132 valence electrons. The van der Waals surface area contributed by atoms with Crippen molar-refractivity contribution in [2.45, 2.75) is 13.8 Å². The molecule has 2 aromatic carbocycles. The highest BCUT2D eigenvalue weighted by Gasteiger charge is 2.08. The molecule has 0 aliphatic carbocycles. The minimum absolute atomic E-state index is 0.272. The Kier molecular flexibility index (Phi) is 6.39. The van der Waals surface area contributed by atoms with Gasteiger partial charge in [-0.15, -0.1) is 0 Å². The molecule has 2 aromatic rings. The van der Waals surface area contributed by atoms with Gasteiger partial charge < -0.3 is 19.9 Å². The molecule has 0 atom stereocenters. The van der Waals surface area contributed by atoms with Crippen LogP contribution in [0.3, 0.4) is 0 Å². The van der Waals surface area contributed by atoms with Crippen LogP contribution >= 0.6 is 0 Å². The molecule has 6 heteroatoms. The van der Waals surface area contributed by atoms with Gasteiger partial charge in [-0.1, -0.05) is 24.3 Å². The van der Waals surface area contributed by atoms with E-state index < -0.39 is 12.6 Å².